The van der Waals surface area contributed by atoms with Gasteiger partial charge in [-0.3, -0.25) is 9.59 Å². The number of furan rings is 1. The SMILES string of the molecule is Cc1ccc([C@H](C)NC(=O)C(=O)Nc2ccc(C)c(-n3cnnn3)c2)o1. The molecule has 2 aromatic heterocycles. The number of nitrogens with zero attached hydrogens (tertiary/aromatic N) is 4. The van der Waals surface area contributed by atoms with E-state index >= 15 is 0 Å². The summed E-state index contributed by atoms with van der Waals surface area (Å²) < 4.78 is 6.93. The highest BCUT2D eigenvalue weighted by atomic mass is 16.3. The summed E-state index contributed by atoms with van der Waals surface area (Å²) in [7, 11) is 0. The number of rotatable bonds is 4. The van der Waals surface area contributed by atoms with Crippen LogP contribution in [0.5, 0.6) is 0 Å². The van der Waals surface area contributed by atoms with Crippen LogP contribution < -0.4 is 10.6 Å². The Bertz CT molecular complexity index is 932. The first-order chi connectivity index (χ1) is 12.4. The molecule has 0 aliphatic carbocycles. The second-order valence-electron chi connectivity index (χ2n) is 5.85. The molecule has 0 aliphatic rings. The van der Waals surface area contributed by atoms with Crippen molar-refractivity contribution in [2.24, 2.45) is 0 Å². The predicted octanol–water partition coefficient (Wildman–Crippen LogP) is 1.69. The van der Waals surface area contributed by atoms with Gasteiger partial charge in [0.15, 0.2) is 0 Å². The van der Waals surface area contributed by atoms with Gasteiger partial charge in [0, 0.05) is 5.69 Å². The molecule has 3 rings (SSSR count). The van der Waals surface area contributed by atoms with Crippen molar-refractivity contribution in [1.29, 1.82) is 0 Å². The average molecular weight is 354 g/mol. The van der Waals surface area contributed by atoms with Gasteiger partial charge < -0.3 is 15.1 Å². The highest BCUT2D eigenvalue weighted by molar-refractivity contribution is 6.39. The summed E-state index contributed by atoms with van der Waals surface area (Å²) in [4.78, 5) is 24.3. The third kappa shape index (κ3) is 3.77. The first kappa shape index (κ1) is 17.3. The molecule has 0 fully saturated rings. The standard InChI is InChI=1S/C17H18N6O3/c1-10-4-6-13(8-14(10)23-9-18-21-22-23)20-17(25)16(24)19-12(3)15-7-5-11(2)26-15/h4-9,12H,1-3H3,(H,19,24)(H,20,25)/t12-/m0/s1. The minimum Gasteiger partial charge on any atom is -0.464 e. The van der Waals surface area contributed by atoms with Gasteiger partial charge in [0.2, 0.25) is 0 Å². The molecule has 0 saturated carbocycles. The van der Waals surface area contributed by atoms with Gasteiger partial charge >= 0.3 is 11.8 Å². The van der Waals surface area contributed by atoms with E-state index < -0.39 is 17.9 Å². The molecule has 2 N–H and O–H groups in total. The van der Waals surface area contributed by atoms with Crippen LogP contribution in [0.25, 0.3) is 5.69 Å². The van der Waals surface area contributed by atoms with Crippen molar-refractivity contribution < 1.29 is 14.0 Å². The third-order valence-corrected chi connectivity index (χ3v) is 3.80. The second kappa shape index (κ2) is 7.18. The van der Waals surface area contributed by atoms with Crippen molar-refractivity contribution in [3.63, 3.8) is 0 Å². The summed E-state index contributed by atoms with van der Waals surface area (Å²) in [6, 6.07) is 8.33. The molecule has 1 atom stereocenters. The third-order valence-electron chi connectivity index (χ3n) is 3.80. The molecule has 0 radical (unpaired) electrons. The van der Waals surface area contributed by atoms with Crippen LogP contribution in [0.4, 0.5) is 5.69 Å². The minimum atomic E-state index is -0.772. The molecule has 2 heterocycles. The molecule has 134 valence electrons. The number of amides is 2. The number of hydrogen-bond donors (Lipinski definition) is 2. The van der Waals surface area contributed by atoms with Crippen molar-refractivity contribution in [2.45, 2.75) is 26.8 Å². The lowest BCUT2D eigenvalue weighted by atomic mass is 10.2. The Labute approximate surface area is 149 Å². The van der Waals surface area contributed by atoms with E-state index in [0.29, 0.717) is 17.1 Å². The molecule has 1 aromatic carbocycles. The first-order valence-electron chi connectivity index (χ1n) is 7.96. The number of carbonyl (C=O) groups is 2. The number of anilines is 1. The van der Waals surface area contributed by atoms with E-state index in [4.69, 9.17) is 4.42 Å². The predicted molar refractivity (Wildman–Crippen MR) is 92.5 cm³/mol. The fraction of sp³-hybridized carbons (Fsp3) is 0.235. The molecule has 0 saturated heterocycles. The van der Waals surface area contributed by atoms with Gasteiger partial charge in [-0.2, -0.15) is 0 Å². The van der Waals surface area contributed by atoms with Gasteiger partial charge in [-0.1, -0.05) is 6.07 Å². The summed E-state index contributed by atoms with van der Waals surface area (Å²) in [5.41, 5.74) is 2.08. The van der Waals surface area contributed by atoms with E-state index in [2.05, 4.69) is 26.2 Å². The first-order valence-corrected chi connectivity index (χ1v) is 7.96. The molecular weight excluding hydrogens is 336 g/mol. The number of nitrogens with one attached hydrogen (secondary N) is 2. The van der Waals surface area contributed by atoms with Gasteiger partial charge in [0.05, 0.1) is 11.7 Å². The van der Waals surface area contributed by atoms with E-state index in [-0.39, 0.29) is 0 Å². The van der Waals surface area contributed by atoms with Crippen molar-refractivity contribution in [3.8, 4) is 5.69 Å². The molecule has 3 aromatic rings. The maximum Gasteiger partial charge on any atom is 0.313 e. The van der Waals surface area contributed by atoms with E-state index in [1.165, 1.54) is 11.0 Å². The fourth-order valence-corrected chi connectivity index (χ4v) is 2.41. The lowest BCUT2D eigenvalue weighted by Gasteiger charge is -2.12. The number of hydrogen-bond acceptors (Lipinski definition) is 6. The maximum absolute atomic E-state index is 12.2. The Hall–Kier alpha value is -3.49. The fourth-order valence-electron chi connectivity index (χ4n) is 2.41. The number of tetrazole rings is 1. The zero-order valence-electron chi connectivity index (χ0n) is 14.6. The topological polar surface area (TPSA) is 115 Å². The number of aromatic nitrogens is 4. The zero-order chi connectivity index (χ0) is 18.7. The summed E-state index contributed by atoms with van der Waals surface area (Å²) in [6.07, 6.45) is 1.45. The molecule has 0 spiro atoms. The molecule has 9 nitrogen and oxygen atoms in total. The van der Waals surface area contributed by atoms with Crippen molar-refractivity contribution in [1.82, 2.24) is 25.5 Å². The molecule has 26 heavy (non-hydrogen) atoms. The Morgan fingerprint density at radius 1 is 1.15 bits per heavy atom. The molecular formula is C17H18N6O3. The highest BCUT2D eigenvalue weighted by Gasteiger charge is 2.19. The smallest absolute Gasteiger partial charge is 0.313 e. The monoisotopic (exact) mass is 354 g/mol. The van der Waals surface area contributed by atoms with Crippen LogP contribution in [-0.2, 0) is 9.59 Å². The zero-order valence-corrected chi connectivity index (χ0v) is 14.6. The van der Waals surface area contributed by atoms with E-state index in [1.54, 1.807) is 37.3 Å². The lowest BCUT2D eigenvalue weighted by molar-refractivity contribution is -0.136. The van der Waals surface area contributed by atoms with Crippen LogP contribution in [-0.4, -0.2) is 32.0 Å². The van der Waals surface area contributed by atoms with Crippen molar-refractivity contribution >= 4 is 17.5 Å². The van der Waals surface area contributed by atoms with E-state index in [0.717, 1.165) is 11.3 Å². The summed E-state index contributed by atoms with van der Waals surface area (Å²) in [5, 5.41) is 16.2. The normalized spacial score (nSPS) is 11.8. The quantitative estimate of drug-likeness (QED) is 0.689. The highest BCUT2D eigenvalue weighted by Crippen LogP contribution is 2.19. The van der Waals surface area contributed by atoms with Gasteiger partial charge in [0.25, 0.3) is 0 Å². The van der Waals surface area contributed by atoms with Gasteiger partial charge in [-0.15, -0.1) is 5.10 Å². The Morgan fingerprint density at radius 2 is 1.96 bits per heavy atom. The van der Waals surface area contributed by atoms with Crippen LogP contribution in [0.3, 0.4) is 0 Å². The maximum atomic E-state index is 12.2. The average Bonchev–Trinajstić information content (AvgIpc) is 3.28. The van der Waals surface area contributed by atoms with Gasteiger partial charge in [-0.25, -0.2) is 4.68 Å². The summed E-state index contributed by atoms with van der Waals surface area (Å²) >= 11 is 0. The Morgan fingerprint density at radius 3 is 2.62 bits per heavy atom. The van der Waals surface area contributed by atoms with E-state index in [1.807, 2.05) is 13.8 Å². The number of benzene rings is 1. The summed E-state index contributed by atoms with van der Waals surface area (Å²) in [5.74, 6) is -0.206. The van der Waals surface area contributed by atoms with Crippen LogP contribution >= 0.6 is 0 Å². The minimum absolute atomic E-state index is 0.420. The van der Waals surface area contributed by atoms with Crippen LogP contribution in [0.15, 0.2) is 41.1 Å². The lowest BCUT2D eigenvalue weighted by Crippen LogP contribution is -2.36. The molecule has 0 unspecified atom stereocenters. The van der Waals surface area contributed by atoms with Gasteiger partial charge in [-0.05, 0) is 61.0 Å². The second-order valence-corrected chi connectivity index (χ2v) is 5.85. The van der Waals surface area contributed by atoms with Crippen molar-refractivity contribution in [3.05, 3.63) is 53.7 Å². The largest absolute Gasteiger partial charge is 0.464 e. The molecule has 0 bridgehead atoms. The molecule has 0 aliphatic heterocycles. The Kier molecular flexibility index (Phi) is 4.78. The van der Waals surface area contributed by atoms with Gasteiger partial charge in [0.1, 0.15) is 17.8 Å². The summed E-state index contributed by atoms with van der Waals surface area (Å²) in [6.45, 7) is 5.44. The molecule has 9 heteroatoms. The van der Waals surface area contributed by atoms with Crippen LogP contribution in [0.2, 0.25) is 0 Å². The number of carbonyl (C=O) groups excluding carboxylic acids is 2. The number of aryl methyl sites for hydroxylation is 2. The van der Waals surface area contributed by atoms with E-state index in [9.17, 15) is 9.59 Å². The van der Waals surface area contributed by atoms with Crippen molar-refractivity contribution in [2.75, 3.05) is 5.32 Å². The molecule has 2 amide bonds. The van der Waals surface area contributed by atoms with Crippen LogP contribution in [0, 0.1) is 13.8 Å². The van der Waals surface area contributed by atoms with Crippen LogP contribution in [0.1, 0.15) is 30.0 Å². The Balaban J connectivity index is 1.67.